The number of aromatic amines is 1. The molecule has 0 spiro atoms. The van der Waals surface area contributed by atoms with Gasteiger partial charge in [0.2, 0.25) is 0 Å². The number of nitrogens with zero attached hydrogens (tertiary/aromatic N) is 1. The standard InChI is InChI=1S/C18H14N2/c1-2-6-15(7-3-1)20-16-8-4-5-13-9-10-14-11-12-19-18(14)17(13)16/h1-4,6-12,19H,5H2/b20-16+. The molecule has 1 aliphatic rings. The van der Waals surface area contributed by atoms with E-state index in [0.29, 0.717) is 0 Å². The molecule has 96 valence electrons. The second-order valence-electron chi connectivity index (χ2n) is 4.98. The Morgan fingerprint density at radius 3 is 2.75 bits per heavy atom. The van der Waals surface area contributed by atoms with Gasteiger partial charge < -0.3 is 4.98 Å². The number of aromatic nitrogens is 1. The van der Waals surface area contributed by atoms with Crippen molar-refractivity contribution in [2.75, 3.05) is 0 Å². The van der Waals surface area contributed by atoms with Crippen LogP contribution in [0.15, 0.2) is 71.9 Å². The third-order valence-corrected chi connectivity index (χ3v) is 3.69. The maximum Gasteiger partial charge on any atom is 0.0730 e. The van der Waals surface area contributed by atoms with E-state index in [1.54, 1.807) is 0 Å². The van der Waals surface area contributed by atoms with Crippen LogP contribution in [-0.2, 0) is 6.42 Å². The number of para-hydroxylation sites is 1. The summed E-state index contributed by atoms with van der Waals surface area (Å²) in [5.41, 5.74) is 5.77. The zero-order valence-corrected chi connectivity index (χ0v) is 11.0. The van der Waals surface area contributed by atoms with Gasteiger partial charge in [-0.25, -0.2) is 4.99 Å². The predicted molar refractivity (Wildman–Crippen MR) is 83.8 cm³/mol. The number of allylic oxidation sites excluding steroid dienone is 2. The summed E-state index contributed by atoms with van der Waals surface area (Å²) >= 11 is 0. The minimum atomic E-state index is 0.970. The lowest BCUT2D eigenvalue weighted by Crippen LogP contribution is -2.07. The number of H-pyrrole nitrogens is 1. The van der Waals surface area contributed by atoms with Crippen molar-refractivity contribution in [2.24, 2.45) is 4.99 Å². The molecule has 1 aliphatic carbocycles. The quantitative estimate of drug-likeness (QED) is 0.670. The average molecular weight is 258 g/mol. The molecule has 0 unspecified atom stereocenters. The zero-order chi connectivity index (χ0) is 13.4. The monoisotopic (exact) mass is 258 g/mol. The number of hydrogen-bond acceptors (Lipinski definition) is 1. The molecule has 2 nitrogen and oxygen atoms in total. The van der Waals surface area contributed by atoms with Crippen LogP contribution < -0.4 is 0 Å². The van der Waals surface area contributed by atoms with Crippen molar-refractivity contribution in [1.29, 1.82) is 0 Å². The molecule has 0 fully saturated rings. The van der Waals surface area contributed by atoms with Crippen LogP contribution in [0.25, 0.3) is 10.9 Å². The molecule has 2 heteroatoms. The molecule has 1 heterocycles. The molecule has 0 aliphatic heterocycles. The smallest absolute Gasteiger partial charge is 0.0730 e. The van der Waals surface area contributed by atoms with E-state index in [1.807, 2.05) is 36.5 Å². The fourth-order valence-electron chi connectivity index (χ4n) is 2.75. The lowest BCUT2D eigenvalue weighted by atomic mass is 9.93. The van der Waals surface area contributed by atoms with E-state index < -0.39 is 0 Å². The third-order valence-electron chi connectivity index (χ3n) is 3.69. The topological polar surface area (TPSA) is 28.1 Å². The fourth-order valence-corrected chi connectivity index (χ4v) is 2.75. The van der Waals surface area contributed by atoms with Gasteiger partial charge in [-0.05, 0) is 36.3 Å². The molecule has 0 saturated heterocycles. The van der Waals surface area contributed by atoms with Gasteiger partial charge in [-0.15, -0.1) is 0 Å². The van der Waals surface area contributed by atoms with Crippen LogP contribution in [0.3, 0.4) is 0 Å². The first kappa shape index (κ1) is 11.2. The Bertz CT molecular complexity index is 823. The summed E-state index contributed by atoms with van der Waals surface area (Å²) in [4.78, 5) is 8.15. The molecule has 1 N–H and O–H groups in total. The average Bonchev–Trinajstić information content (AvgIpc) is 2.97. The van der Waals surface area contributed by atoms with E-state index in [9.17, 15) is 0 Å². The van der Waals surface area contributed by atoms with E-state index in [4.69, 9.17) is 4.99 Å². The largest absolute Gasteiger partial charge is 0.361 e. The number of fused-ring (bicyclic) bond motifs is 3. The Kier molecular flexibility index (Phi) is 2.52. The minimum absolute atomic E-state index is 0.970. The van der Waals surface area contributed by atoms with Gasteiger partial charge in [-0.3, -0.25) is 0 Å². The zero-order valence-electron chi connectivity index (χ0n) is 11.0. The van der Waals surface area contributed by atoms with Crippen molar-refractivity contribution in [1.82, 2.24) is 4.98 Å². The van der Waals surface area contributed by atoms with Crippen molar-refractivity contribution in [3.8, 4) is 0 Å². The highest BCUT2D eigenvalue weighted by atomic mass is 14.8. The number of nitrogens with one attached hydrogen (secondary N) is 1. The van der Waals surface area contributed by atoms with Crippen LogP contribution in [-0.4, -0.2) is 10.7 Å². The summed E-state index contributed by atoms with van der Waals surface area (Å²) in [7, 11) is 0. The van der Waals surface area contributed by atoms with Crippen molar-refractivity contribution < 1.29 is 0 Å². The second kappa shape index (κ2) is 4.49. The number of benzene rings is 2. The third kappa shape index (κ3) is 1.77. The van der Waals surface area contributed by atoms with Crippen LogP contribution in [0.4, 0.5) is 5.69 Å². The van der Waals surface area contributed by atoms with Crippen molar-refractivity contribution in [3.05, 3.63) is 78.0 Å². The van der Waals surface area contributed by atoms with Gasteiger partial charge in [0, 0.05) is 17.1 Å². The predicted octanol–water partition coefficient (Wildman–Crippen LogP) is 4.40. The first-order valence-corrected chi connectivity index (χ1v) is 6.81. The normalized spacial score (nSPS) is 15.7. The first-order valence-electron chi connectivity index (χ1n) is 6.81. The molecule has 0 radical (unpaired) electrons. The Balaban J connectivity index is 1.95. The second-order valence-corrected chi connectivity index (χ2v) is 4.98. The number of aliphatic imine (C=N–C) groups is 1. The molecule has 0 saturated carbocycles. The van der Waals surface area contributed by atoms with Gasteiger partial charge in [0.05, 0.1) is 16.9 Å². The van der Waals surface area contributed by atoms with Crippen LogP contribution in [0.2, 0.25) is 0 Å². The van der Waals surface area contributed by atoms with Crippen LogP contribution >= 0.6 is 0 Å². The summed E-state index contributed by atoms with van der Waals surface area (Å²) in [5.74, 6) is 0. The number of rotatable bonds is 1. The molecule has 3 aromatic rings. The first-order chi connectivity index (χ1) is 9.92. The minimum Gasteiger partial charge on any atom is -0.361 e. The maximum absolute atomic E-state index is 4.80. The molecular weight excluding hydrogens is 244 g/mol. The fraction of sp³-hybridized carbons (Fsp3) is 0.0556. The molecule has 0 amide bonds. The van der Waals surface area contributed by atoms with Crippen molar-refractivity contribution in [2.45, 2.75) is 6.42 Å². The summed E-state index contributed by atoms with van der Waals surface area (Å²) in [5, 5.41) is 1.24. The van der Waals surface area contributed by atoms with Crippen molar-refractivity contribution in [3.63, 3.8) is 0 Å². The Hall–Kier alpha value is -2.61. The molecule has 0 bridgehead atoms. The summed E-state index contributed by atoms with van der Waals surface area (Å²) in [6.07, 6.45) is 7.26. The lowest BCUT2D eigenvalue weighted by molar-refractivity contribution is 1.24. The van der Waals surface area contributed by atoms with Gasteiger partial charge in [0.1, 0.15) is 0 Å². The van der Waals surface area contributed by atoms with Gasteiger partial charge in [-0.2, -0.15) is 0 Å². The SMILES string of the molecule is C1=C/C(=N\c2ccccc2)c2c(ccc3cc[nH]c23)C1. The Morgan fingerprint density at radius 2 is 1.85 bits per heavy atom. The van der Waals surface area contributed by atoms with Gasteiger partial charge in [0.25, 0.3) is 0 Å². The molecule has 4 rings (SSSR count). The molecule has 20 heavy (non-hydrogen) atoms. The summed E-state index contributed by atoms with van der Waals surface area (Å²) in [6, 6.07) is 16.6. The molecular formula is C18H14N2. The van der Waals surface area contributed by atoms with Crippen LogP contribution in [0.1, 0.15) is 11.1 Å². The van der Waals surface area contributed by atoms with Crippen LogP contribution in [0, 0.1) is 0 Å². The van der Waals surface area contributed by atoms with E-state index in [0.717, 1.165) is 17.8 Å². The molecule has 0 atom stereocenters. The lowest BCUT2D eigenvalue weighted by Gasteiger charge is -2.14. The Labute approximate surface area is 117 Å². The van der Waals surface area contributed by atoms with E-state index in [2.05, 4.69) is 35.3 Å². The highest BCUT2D eigenvalue weighted by Crippen LogP contribution is 2.27. The molecule has 1 aromatic heterocycles. The summed E-state index contributed by atoms with van der Waals surface area (Å²) in [6.45, 7) is 0. The van der Waals surface area contributed by atoms with Crippen LogP contribution in [0.5, 0.6) is 0 Å². The van der Waals surface area contributed by atoms with E-state index >= 15 is 0 Å². The van der Waals surface area contributed by atoms with Gasteiger partial charge in [-0.1, -0.05) is 36.4 Å². The highest BCUT2D eigenvalue weighted by molar-refractivity contribution is 6.18. The number of hydrogen-bond donors (Lipinski definition) is 1. The van der Waals surface area contributed by atoms with E-state index in [-0.39, 0.29) is 0 Å². The van der Waals surface area contributed by atoms with Gasteiger partial charge in [0.15, 0.2) is 0 Å². The highest BCUT2D eigenvalue weighted by Gasteiger charge is 2.15. The van der Waals surface area contributed by atoms with Gasteiger partial charge >= 0.3 is 0 Å². The van der Waals surface area contributed by atoms with Crippen molar-refractivity contribution >= 4 is 22.3 Å². The molecule has 2 aromatic carbocycles. The Morgan fingerprint density at radius 1 is 0.950 bits per heavy atom. The van der Waals surface area contributed by atoms with E-state index in [1.165, 1.54) is 22.0 Å². The summed E-state index contributed by atoms with van der Waals surface area (Å²) < 4.78 is 0. The maximum atomic E-state index is 4.80.